The zero-order valence-electron chi connectivity index (χ0n) is 14.8. The molecule has 0 bridgehead atoms. The maximum absolute atomic E-state index is 11.2. The van der Waals surface area contributed by atoms with E-state index in [1.165, 1.54) is 12.6 Å². The molecule has 0 spiro atoms. The molecule has 132 valence electrons. The Labute approximate surface area is 149 Å². The largest absolute Gasteiger partial charge is 0.494 e. The monoisotopic (exact) mass is 339 g/mol. The summed E-state index contributed by atoms with van der Waals surface area (Å²) in [5.41, 5.74) is 3.01. The molecule has 0 aliphatic carbocycles. The molecule has 1 fully saturated rings. The van der Waals surface area contributed by atoms with Crippen molar-refractivity contribution in [1.29, 1.82) is 0 Å². The Morgan fingerprint density at radius 1 is 1.12 bits per heavy atom. The van der Waals surface area contributed by atoms with Crippen molar-refractivity contribution in [2.45, 2.75) is 25.8 Å². The van der Waals surface area contributed by atoms with Crippen molar-refractivity contribution in [2.75, 3.05) is 35.7 Å². The molecular weight excluding hydrogens is 314 g/mol. The van der Waals surface area contributed by atoms with Gasteiger partial charge in [0.05, 0.1) is 12.8 Å². The molecule has 1 heterocycles. The normalized spacial score (nSPS) is 14.9. The summed E-state index contributed by atoms with van der Waals surface area (Å²) in [7, 11) is 1.61. The van der Waals surface area contributed by atoms with Crippen molar-refractivity contribution in [2.24, 2.45) is 0 Å². The Morgan fingerprint density at radius 3 is 2.48 bits per heavy atom. The van der Waals surface area contributed by atoms with Crippen LogP contribution in [0.5, 0.6) is 5.75 Å². The van der Waals surface area contributed by atoms with Crippen molar-refractivity contribution < 1.29 is 9.53 Å². The van der Waals surface area contributed by atoms with Gasteiger partial charge in [0, 0.05) is 43.5 Å². The highest BCUT2D eigenvalue weighted by Gasteiger charge is 2.19. The van der Waals surface area contributed by atoms with Crippen LogP contribution in [0.15, 0.2) is 48.5 Å². The molecule has 1 aliphatic heterocycles. The van der Waals surface area contributed by atoms with Crippen LogP contribution in [0.1, 0.15) is 19.8 Å². The summed E-state index contributed by atoms with van der Waals surface area (Å²) in [4.78, 5) is 13.7. The number of rotatable bonds is 5. The van der Waals surface area contributed by atoms with Gasteiger partial charge in [-0.15, -0.1) is 0 Å². The molecule has 0 atom stereocenters. The fraction of sp³-hybridized carbons (Fsp3) is 0.350. The van der Waals surface area contributed by atoms with Crippen molar-refractivity contribution >= 4 is 23.0 Å². The highest BCUT2D eigenvalue weighted by molar-refractivity contribution is 5.90. The smallest absolute Gasteiger partial charge is 0.221 e. The third kappa shape index (κ3) is 4.44. The van der Waals surface area contributed by atoms with Crippen LogP contribution in [0.25, 0.3) is 0 Å². The van der Waals surface area contributed by atoms with Gasteiger partial charge in [0.2, 0.25) is 5.91 Å². The number of carbonyl (C=O) groups excluding carboxylic acids is 1. The van der Waals surface area contributed by atoms with Crippen LogP contribution in [0.3, 0.4) is 0 Å². The standard InChI is InChI=1S/C20H25N3O2/c1-15(24)21-19-9-8-17(14-20(19)25-2)22-16-10-12-23(13-11-16)18-6-4-3-5-7-18/h3-9,14,16,22H,10-13H2,1-2H3,(H,21,24). The van der Waals surface area contributed by atoms with Crippen LogP contribution < -0.4 is 20.3 Å². The zero-order valence-corrected chi connectivity index (χ0v) is 14.8. The van der Waals surface area contributed by atoms with E-state index in [1.54, 1.807) is 7.11 Å². The number of piperidine rings is 1. The van der Waals surface area contributed by atoms with Crippen LogP contribution in [0.2, 0.25) is 0 Å². The highest BCUT2D eigenvalue weighted by atomic mass is 16.5. The third-order valence-electron chi connectivity index (χ3n) is 4.50. The number of benzene rings is 2. The molecule has 0 radical (unpaired) electrons. The lowest BCUT2D eigenvalue weighted by Gasteiger charge is -2.34. The number of para-hydroxylation sites is 1. The van der Waals surface area contributed by atoms with E-state index in [4.69, 9.17) is 4.74 Å². The van der Waals surface area contributed by atoms with Gasteiger partial charge >= 0.3 is 0 Å². The first-order valence-electron chi connectivity index (χ1n) is 8.68. The van der Waals surface area contributed by atoms with Gasteiger partial charge in [0.25, 0.3) is 0 Å². The van der Waals surface area contributed by atoms with Crippen LogP contribution in [0.4, 0.5) is 17.1 Å². The highest BCUT2D eigenvalue weighted by Crippen LogP contribution is 2.29. The number of carbonyl (C=O) groups is 1. The fourth-order valence-corrected chi connectivity index (χ4v) is 3.23. The molecule has 0 saturated carbocycles. The second-order valence-corrected chi connectivity index (χ2v) is 6.34. The predicted molar refractivity (Wildman–Crippen MR) is 103 cm³/mol. The zero-order chi connectivity index (χ0) is 17.6. The number of hydrogen-bond acceptors (Lipinski definition) is 4. The molecule has 3 rings (SSSR count). The molecule has 2 N–H and O–H groups in total. The van der Waals surface area contributed by atoms with Crippen molar-refractivity contribution in [3.8, 4) is 5.75 Å². The fourth-order valence-electron chi connectivity index (χ4n) is 3.23. The van der Waals surface area contributed by atoms with Crippen LogP contribution in [-0.2, 0) is 4.79 Å². The summed E-state index contributed by atoms with van der Waals surface area (Å²) in [5.74, 6) is 0.564. The Morgan fingerprint density at radius 2 is 1.84 bits per heavy atom. The molecule has 5 heteroatoms. The Kier molecular flexibility index (Phi) is 5.43. The third-order valence-corrected chi connectivity index (χ3v) is 4.50. The molecule has 5 nitrogen and oxygen atoms in total. The van der Waals surface area contributed by atoms with Crippen molar-refractivity contribution in [1.82, 2.24) is 0 Å². The molecular formula is C20H25N3O2. The van der Waals surface area contributed by atoms with E-state index in [0.717, 1.165) is 31.6 Å². The molecule has 1 saturated heterocycles. The minimum Gasteiger partial charge on any atom is -0.494 e. The number of ether oxygens (including phenoxy) is 1. The molecule has 2 aromatic rings. The van der Waals surface area contributed by atoms with Gasteiger partial charge < -0.3 is 20.3 Å². The maximum Gasteiger partial charge on any atom is 0.221 e. The van der Waals surface area contributed by atoms with Gasteiger partial charge in [0.1, 0.15) is 5.75 Å². The first-order valence-corrected chi connectivity index (χ1v) is 8.68. The quantitative estimate of drug-likeness (QED) is 0.871. The van der Waals surface area contributed by atoms with Crippen LogP contribution in [-0.4, -0.2) is 32.1 Å². The summed E-state index contributed by atoms with van der Waals surface area (Å²) < 4.78 is 5.39. The van der Waals surface area contributed by atoms with E-state index in [0.29, 0.717) is 17.5 Å². The number of hydrogen-bond donors (Lipinski definition) is 2. The van der Waals surface area contributed by atoms with Gasteiger partial charge in [-0.25, -0.2) is 0 Å². The Hall–Kier alpha value is -2.69. The lowest BCUT2D eigenvalue weighted by atomic mass is 10.0. The molecule has 1 amide bonds. The second kappa shape index (κ2) is 7.92. The van der Waals surface area contributed by atoms with Gasteiger partial charge in [-0.2, -0.15) is 0 Å². The van der Waals surface area contributed by atoms with Crippen LogP contribution >= 0.6 is 0 Å². The molecule has 0 aromatic heterocycles. The average molecular weight is 339 g/mol. The molecule has 25 heavy (non-hydrogen) atoms. The van der Waals surface area contributed by atoms with Crippen molar-refractivity contribution in [3.05, 3.63) is 48.5 Å². The van der Waals surface area contributed by atoms with E-state index in [-0.39, 0.29) is 5.91 Å². The summed E-state index contributed by atoms with van der Waals surface area (Å²) in [6, 6.07) is 16.8. The van der Waals surface area contributed by atoms with E-state index in [9.17, 15) is 4.79 Å². The first-order chi connectivity index (χ1) is 12.2. The predicted octanol–water partition coefficient (Wildman–Crippen LogP) is 3.73. The summed E-state index contributed by atoms with van der Waals surface area (Å²) in [6.45, 7) is 3.58. The second-order valence-electron chi connectivity index (χ2n) is 6.34. The van der Waals surface area contributed by atoms with Gasteiger partial charge in [-0.05, 0) is 37.1 Å². The van der Waals surface area contributed by atoms with Gasteiger partial charge in [0.15, 0.2) is 0 Å². The topological polar surface area (TPSA) is 53.6 Å². The van der Waals surface area contributed by atoms with Crippen molar-refractivity contribution in [3.63, 3.8) is 0 Å². The van der Waals surface area contributed by atoms with E-state index in [1.807, 2.05) is 18.2 Å². The maximum atomic E-state index is 11.2. The molecule has 1 aliphatic rings. The average Bonchev–Trinajstić information content (AvgIpc) is 2.64. The number of nitrogens with one attached hydrogen (secondary N) is 2. The van der Waals surface area contributed by atoms with Gasteiger partial charge in [-0.3, -0.25) is 4.79 Å². The van der Waals surface area contributed by atoms with E-state index >= 15 is 0 Å². The number of nitrogens with zero attached hydrogens (tertiary/aromatic N) is 1. The summed E-state index contributed by atoms with van der Waals surface area (Å²) >= 11 is 0. The number of anilines is 3. The minimum absolute atomic E-state index is 0.104. The Balaban J connectivity index is 1.59. The first kappa shape index (κ1) is 17.1. The summed E-state index contributed by atoms with van der Waals surface area (Å²) in [6.07, 6.45) is 2.18. The number of methoxy groups -OCH3 is 1. The lowest BCUT2D eigenvalue weighted by Crippen LogP contribution is -2.39. The SMILES string of the molecule is COc1cc(NC2CCN(c3ccccc3)CC2)ccc1NC(C)=O. The van der Waals surface area contributed by atoms with Gasteiger partial charge in [-0.1, -0.05) is 18.2 Å². The van der Waals surface area contributed by atoms with E-state index in [2.05, 4.69) is 45.9 Å². The molecule has 2 aromatic carbocycles. The Bertz CT molecular complexity index is 710. The van der Waals surface area contributed by atoms with Crippen LogP contribution in [0, 0.1) is 0 Å². The minimum atomic E-state index is -0.104. The number of amides is 1. The molecule has 0 unspecified atom stereocenters. The van der Waals surface area contributed by atoms with E-state index < -0.39 is 0 Å². The summed E-state index contributed by atoms with van der Waals surface area (Å²) in [5, 5.41) is 6.37. The lowest BCUT2D eigenvalue weighted by molar-refractivity contribution is -0.114.